The fraction of sp³-hybridized carbons (Fsp3) is 0.571. The molecule has 2 N–H and O–H groups in total. The van der Waals surface area contributed by atoms with Crippen LogP contribution in [0.1, 0.15) is 32.3 Å². The lowest BCUT2D eigenvalue weighted by Crippen LogP contribution is -3.18. The fourth-order valence-electron chi connectivity index (χ4n) is 3.59. The summed E-state index contributed by atoms with van der Waals surface area (Å²) in [6, 6.07) is 7.21. The Labute approximate surface area is 167 Å². The summed E-state index contributed by atoms with van der Waals surface area (Å²) >= 11 is 0. The molecule has 3 atom stereocenters. The van der Waals surface area contributed by atoms with Crippen molar-refractivity contribution in [3.8, 4) is 0 Å². The number of esters is 1. The number of nitrogens with one attached hydrogen (secondary N) is 2. The van der Waals surface area contributed by atoms with Gasteiger partial charge in [0.05, 0.1) is 26.2 Å². The summed E-state index contributed by atoms with van der Waals surface area (Å²) in [6.45, 7) is 7.44. The molecule has 1 aliphatic rings. The molecule has 0 saturated carbocycles. The number of amides is 2. The molecular formula is C21H32N3O4+. The standard InChI is InChI=1S/C21H31N3O4/c1-5-28-21(27)17-7-6-12-24(13-17)16(3)20(26)23(4)14-19(25)22-18-10-8-15(2)9-11-18/h8-11,16-17H,5-7,12-14H2,1-4H3,(H,22,25)/p+1/t16-,17-/m0/s1. The number of anilines is 1. The molecule has 7 heteroatoms. The molecule has 7 nitrogen and oxygen atoms in total. The van der Waals surface area contributed by atoms with Crippen LogP contribution in [0.15, 0.2) is 24.3 Å². The number of rotatable bonds is 7. The number of carbonyl (C=O) groups excluding carboxylic acids is 3. The summed E-state index contributed by atoms with van der Waals surface area (Å²) in [5, 5.41) is 2.81. The van der Waals surface area contributed by atoms with Crippen LogP contribution in [0.3, 0.4) is 0 Å². The lowest BCUT2D eigenvalue weighted by Gasteiger charge is -2.33. The van der Waals surface area contributed by atoms with E-state index < -0.39 is 0 Å². The fourth-order valence-corrected chi connectivity index (χ4v) is 3.59. The van der Waals surface area contributed by atoms with Gasteiger partial charge in [0.15, 0.2) is 6.04 Å². The quantitative estimate of drug-likeness (QED) is 0.670. The number of carbonyl (C=O) groups is 3. The summed E-state index contributed by atoms with van der Waals surface area (Å²) in [5.41, 5.74) is 1.83. The first-order chi connectivity index (χ1) is 13.3. The second-order valence-electron chi connectivity index (χ2n) is 7.53. The summed E-state index contributed by atoms with van der Waals surface area (Å²) in [7, 11) is 1.64. The van der Waals surface area contributed by atoms with Gasteiger partial charge in [-0.25, -0.2) is 0 Å². The van der Waals surface area contributed by atoms with Crippen molar-refractivity contribution in [2.24, 2.45) is 5.92 Å². The van der Waals surface area contributed by atoms with E-state index in [4.69, 9.17) is 4.74 Å². The summed E-state index contributed by atoms with van der Waals surface area (Å²) in [5.74, 6) is -0.664. The Morgan fingerprint density at radius 3 is 2.61 bits per heavy atom. The van der Waals surface area contributed by atoms with Crippen LogP contribution in [0.4, 0.5) is 5.69 Å². The molecule has 1 heterocycles. The molecule has 0 spiro atoms. The number of benzene rings is 1. The minimum Gasteiger partial charge on any atom is -0.466 e. The number of piperidine rings is 1. The van der Waals surface area contributed by atoms with Crippen LogP contribution in [0.25, 0.3) is 0 Å². The normalized spacial score (nSPS) is 20.1. The molecule has 1 aromatic rings. The Kier molecular flexibility index (Phi) is 7.99. The molecule has 0 bridgehead atoms. The van der Waals surface area contributed by atoms with Crippen LogP contribution in [-0.4, -0.2) is 62.0 Å². The van der Waals surface area contributed by atoms with Crippen molar-refractivity contribution in [3.05, 3.63) is 29.8 Å². The first-order valence-corrected chi connectivity index (χ1v) is 9.94. The molecule has 1 aromatic carbocycles. The molecule has 0 aromatic heterocycles. The lowest BCUT2D eigenvalue weighted by molar-refractivity contribution is -0.921. The highest BCUT2D eigenvalue weighted by atomic mass is 16.5. The van der Waals surface area contributed by atoms with E-state index in [-0.39, 0.29) is 36.3 Å². The third-order valence-corrected chi connectivity index (χ3v) is 5.25. The first-order valence-electron chi connectivity index (χ1n) is 9.94. The molecule has 1 saturated heterocycles. The van der Waals surface area contributed by atoms with Gasteiger partial charge in [-0.15, -0.1) is 0 Å². The molecular weight excluding hydrogens is 358 g/mol. The zero-order valence-electron chi connectivity index (χ0n) is 17.3. The van der Waals surface area contributed by atoms with Crippen LogP contribution in [0, 0.1) is 12.8 Å². The average molecular weight is 391 g/mol. The number of nitrogens with zero attached hydrogens (tertiary/aromatic N) is 1. The molecule has 154 valence electrons. The van der Waals surface area contributed by atoms with Crippen molar-refractivity contribution in [3.63, 3.8) is 0 Å². The minimum absolute atomic E-state index is 0.00830. The smallest absolute Gasteiger partial charge is 0.314 e. The minimum atomic E-state index is -0.311. The molecule has 0 radical (unpaired) electrons. The van der Waals surface area contributed by atoms with E-state index in [1.807, 2.05) is 38.1 Å². The summed E-state index contributed by atoms with van der Waals surface area (Å²) in [4.78, 5) is 39.6. The van der Waals surface area contributed by atoms with Crippen molar-refractivity contribution < 1.29 is 24.0 Å². The third kappa shape index (κ3) is 6.05. The van der Waals surface area contributed by atoms with Gasteiger partial charge in [-0.1, -0.05) is 17.7 Å². The zero-order valence-corrected chi connectivity index (χ0v) is 17.3. The lowest BCUT2D eigenvalue weighted by atomic mass is 9.97. The Bertz CT molecular complexity index is 689. The van der Waals surface area contributed by atoms with Crippen LogP contribution in [0.2, 0.25) is 0 Å². The van der Waals surface area contributed by atoms with Gasteiger partial charge in [-0.05, 0) is 45.7 Å². The Hall–Kier alpha value is -2.41. The second kappa shape index (κ2) is 10.2. The zero-order chi connectivity index (χ0) is 20.7. The molecule has 1 aliphatic heterocycles. The maximum absolute atomic E-state index is 12.8. The maximum Gasteiger partial charge on any atom is 0.314 e. The van der Waals surface area contributed by atoms with Gasteiger partial charge < -0.3 is 19.9 Å². The topological polar surface area (TPSA) is 80.2 Å². The van der Waals surface area contributed by atoms with Gasteiger partial charge in [0.2, 0.25) is 5.91 Å². The van der Waals surface area contributed by atoms with Crippen molar-refractivity contribution in [2.75, 3.05) is 38.6 Å². The highest BCUT2D eigenvalue weighted by molar-refractivity contribution is 5.94. The number of quaternary nitrogens is 1. The van der Waals surface area contributed by atoms with Gasteiger partial charge in [0.25, 0.3) is 5.91 Å². The van der Waals surface area contributed by atoms with Gasteiger partial charge in [0, 0.05) is 12.7 Å². The summed E-state index contributed by atoms with van der Waals surface area (Å²) in [6.07, 6.45) is 1.69. The highest BCUT2D eigenvalue weighted by Gasteiger charge is 2.36. The number of likely N-dealkylation sites (tertiary alicyclic amines) is 1. The number of likely N-dealkylation sites (N-methyl/N-ethyl adjacent to an activating group) is 1. The number of ether oxygens (including phenoxy) is 1. The van der Waals surface area contributed by atoms with Gasteiger partial charge >= 0.3 is 5.97 Å². The Morgan fingerprint density at radius 1 is 1.29 bits per heavy atom. The number of hydrogen-bond donors (Lipinski definition) is 2. The largest absolute Gasteiger partial charge is 0.466 e. The Balaban J connectivity index is 1.87. The monoisotopic (exact) mass is 390 g/mol. The predicted octanol–water partition coefficient (Wildman–Crippen LogP) is 0.638. The van der Waals surface area contributed by atoms with Crippen molar-refractivity contribution >= 4 is 23.5 Å². The van der Waals surface area contributed by atoms with E-state index in [0.29, 0.717) is 18.8 Å². The van der Waals surface area contributed by atoms with E-state index >= 15 is 0 Å². The van der Waals surface area contributed by atoms with Crippen LogP contribution in [-0.2, 0) is 19.1 Å². The predicted molar refractivity (Wildman–Crippen MR) is 107 cm³/mol. The number of aryl methyl sites for hydroxylation is 1. The van der Waals surface area contributed by atoms with Crippen LogP contribution >= 0.6 is 0 Å². The Morgan fingerprint density at radius 2 is 1.96 bits per heavy atom. The first kappa shape index (κ1) is 21.9. The molecule has 2 amide bonds. The van der Waals surface area contributed by atoms with E-state index in [0.717, 1.165) is 29.8 Å². The van der Waals surface area contributed by atoms with Crippen LogP contribution in [0.5, 0.6) is 0 Å². The summed E-state index contributed by atoms with van der Waals surface area (Å²) < 4.78 is 5.13. The number of hydrogen-bond acceptors (Lipinski definition) is 4. The van der Waals surface area contributed by atoms with Crippen molar-refractivity contribution in [1.29, 1.82) is 0 Å². The van der Waals surface area contributed by atoms with Gasteiger partial charge in [-0.3, -0.25) is 14.4 Å². The molecule has 1 unspecified atom stereocenters. The second-order valence-corrected chi connectivity index (χ2v) is 7.53. The van der Waals surface area contributed by atoms with Crippen molar-refractivity contribution in [1.82, 2.24) is 4.90 Å². The van der Waals surface area contributed by atoms with E-state index in [1.165, 1.54) is 4.90 Å². The van der Waals surface area contributed by atoms with E-state index in [1.54, 1.807) is 14.0 Å². The molecule has 1 fully saturated rings. The highest BCUT2D eigenvalue weighted by Crippen LogP contribution is 2.11. The van der Waals surface area contributed by atoms with E-state index in [9.17, 15) is 14.4 Å². The van der Waals surface area contributed by atoms with E-state index in [2.05, 4.69) is 5.32 Å². The van der Waals surface area contributed by atoms with Crippen molar-refractivity contribution in [2.45, 2.75) is 39.7 Å². The molecule has 28 heavy (non-hydrogen) atoms. The SMILES string of the molecule is CCOC(=O)[C@H]1CCC[NH+]([C@@H](C)C(=O)N(C)CC(=O)Nc2ccc(C)cc2)C1. The molecule has 0 aliphatic carbocycles. The van der Waals surface area contributed by atoms with Crippen LogP contribution < -0.4 is 10.2 Å². The average Bonchev–Trinajstić information content (AvgIpc) is 2.68. The third-order valence-electron chi connectivity index (χ3n) is 5.25. The van der Waals surface area contributed by atoms with Gasteiger partial charge in [-0.2, -0.15) is 0 Å². The maximum atomic E-state index is 12.8. The van der Waals surface area contributed by atoms with Gasteiger partial charge in [0.1, 0.15) is 5.92 Å². The molecule has 2 rings (SSSR count).